The molecule has 0 spiro atoms. The number of ether oxygens (including phenoxy) is 4. The first-order valence-corrected chi connectivity index (χ1v) is 13.9. The second kappa shape index (κ2) is 13.7. The molecule has 2 saturated heterocycles. The van der Waals surface area contributed by atoms with Crippen molar-refractivity contribution in [2.24, 2.45) is 0 Å². The van der Waals surface area contributed by atoms with Crippen LogP contribution in [0.15, 0.2) is 36.4 Å². The number of rotatable bonds is 11. The number of nitrogens with one attached hydrogen (secondary N) is 1. The molecule has 2 fully saturated rings. The van der Waals surface area contributed by atoms with Crippen LogP contribution in [0.2, 0.25) is 0 Å². The molecule has 0 saturated carbocycles. The van der Waals surface area contributed by atoms with Gasteiger partial charge in [-0.25, -0.2) is 0 Å². The van der Waals surface area contributed by atoms with Gasteiger partial charge in [0.05, 0.1) is 34.5 Å². The molecule has 0 aromatic heterocycles. The largest absolute Gasteiger partial charge is 0.497 e. The molecule has 4 rings (SSSR count). The molecule has 40 heavy (non-hydrogen) atoms. The van der Waals surface area contributed by atoms with Gasteiger partial charge in [-0.2, -0.15) is 0 Å². The zero-order chi connectivity index (χ0) is 28.6. The van der Waals surface area contributed by atoms with Gasteiger partial charge in [0, 0.05) is 63.8 Å². The van der Waals surface area contributed by atoms with Gasteiger partial charge in [-0.1, -0.05) is 25.1 Å². The predicted molar refractivity (Wildman–Crippen MR) is 152 cm³/mol. The molecule has 10 heteroatoms. The third kappa shape index (κ3) is 6.45. The maximum atomic E-state index is 13.9. The molecule has 218 valence electrons. The van der Waals surface area contributed by atoms with Crippen LogP contribution >= 0.6 is 0 Å². The number of methoxy groups -OCH3 is 4. The molecule has 1 N–H and O–H groups in total. The third-order valence-corrected chi connectivity index (χ3v) is 7.80. The molecular weight excluding hydrogens is 512 g/mol. The van der Waals surface area contributed by atoms with Gasteiger partial charge in [0.2, 0.25) is 17.6 Å². The fourth-order valence-corrected chi connectivity index (χ4v) is 5.73. The summed E-state index contributed by atoms with van der Waals surface area (Å²) in [6.07, 6.45) is 0.953. The second-order valence-electron chi connectivity index (χ2n) is 10.1. The number of hydrogen-bond acceptors (Lipinski definition) is 8. The van der Waals surface area contributed by atoms with Crippen LogP contribution in [0, 0.1) is 0 Å². The van der Waals surface area contributed by atoms with E-state index in [1.54, 1.807) is 28.4 Å². The van der Waals surface area contributed by atoms with Crippen LogP contribution in [0.3, 0.4) is 0 Å². The first-order chi connectivity index (χ1) is 19.4. The van der Waals surface area contributed by atoms with Crippen molar-refractivity contribution in [3.63, 3.8) is 0 Å². The normalized spacial score (nSPS) is 19.3. The summed E-state index contributed by atoms with van der Waals surface area (Å²) in [5.41, 5.74) is 1.88. The number of carbonyl (C=O) groups is 2. The number of nitrogens with zero attached hydrogens (tertiary/aromatic N) is 3. The topological polar surface area (TPSA) is 92.8 Å². The highest BCUT2D eigenvalue weighted by molar-refractivity contribution is 5.83. The fraction of sp³-hybridized carbons (Fsp3) is 0.533. The summed E-state index contributed by atoms with van der Waals surface area (Å²) >= 11 is 0. The summed E-state index contributed by atoms with van der Waals surface area (Å²) in [6, 6.07) is 11.1. The minimum atomic E-state index is -0.363. The van der Waals surface area contributed by atoms with E-state index in [0.29, 0.717) is 62.8 Å². The zero-order valence-corrected chi connectivity index (χ0v) is 24.3. The molecule has 2 amide bonds. The van der Waals surface area contributed by atoms with Crippen LogP contribution in [0.4, 0.5) is 0 Å². The summed E-state index contributed by atoms with van der Waals surface area (Å²) in [5, 5.41) is 3.32. The molecule has 2 aromatic rings. The van der Waals surface area contributed by atoms with Crippen LogP contribution in [0.1, 0.15) is 30.9 Å². The van der Waals surface area contributed by atoms with Gasteiger partial charge in [0.1, 0.15) is 5.75 Å². The van der Waals surface area contributed by atoms with E-state index < -0.39 is 0 Å². The molecular formula is C30H42N4O6. The number of amides is 2. The van der Waals surface area contributed by atoms with Crippen molar-refractivity contribution >= 4 is 11.8 Å². The van der Waals surface area contributed by atoms with Crippen molar-refractivity contribution in [3.05, 3.63) is 47.5 Å². The summed E-state index contributed by atoms with van der Waals surface area (Å²) in [7, 11) is 6.41. The van der Waals surface area contributed by atoms with E-state index in [1.807, 2.05) is 53.1 Å². The predicted octanol–water partition coefficient (Wildman–Crippen LogP) is 2.53. The van der Waals surface area contributed by atoms with Gasteiger partial charge in [-0.3, -0.25) is 14.5 Å². The van der Waals surface area contributed by atoms with Crippen LogP contribution < -0.4 is 24.3 Å². The maximum Gasteiger partial charge on any atom is 0.240 e. The van der Waals surface area contributed by atoms with Gasteiger partial charge in [0.15, 0.2) is 11.5 Å². The Bertz CT molecular complexity index is 1170. The van der Waals surface area contributed by atoms with E-state index in [1.165, 1.54) is 0 Å². The molecule has 2 aromatic carbocycles. The standard InChI is InChI=1S/C30H42N4O6/c1-6-27(35)34(18-21-8-7-9-24(16-21)37-2)23-17-25(30(36)32-14-12-31-13-15-32)33(20-23)19-22-10-11-26(38-3)29(40-5)28(22)39-4/h7-11,16,23,25,31H,6,12-15,17-20H2,1-5H3. The Morgan fingerprint density at radius 3 is 2.38 bits per heavy atom. The van der Waals surface area contributed by atoms with E-state index in [4.69, 9.17) is 18.9 Å². The van der Waals surface area contributed by atoms with Crippen molar-refractivity contribution in [1.29, 1.82) is 0 Å². The van der Waals surface area contributed by atoms with E-state index >= 15 is 0 Å². The van der Waals surface area contributed by atoms with Gasteiger partial charge in [-0.15, -0.1) is 0 Å². The van der Waals surface area contributed by atoms with Gasteiger partial charge in [0.25, 0.3) is 0 Å². The molecule has 2 unspecified atom stereocenters. The Kier molecular flexibility index (Phi) is 10.1. The van der Waals surface area contributed by atoms with Crippen LogP contribution in [-0.4, -0.2) is 99.8 Å². The average Bonchev–Trinajstić information content (AvgIpc) is 3.42. The quantitative estimate of drug-likeness (QED) is 0.453. The lowest BCUT2D eigenvalue weighted by atomic mass is 10.1. The molecule has 10 nitrogen and oxygen atoms in total. The number of hydrogen-bond donors (Lipinski definition) is 1. The fourth-order valence-electron chi connectivity index (χ4n) is 5.73. The van der Waals surface area contributed by atoms with Crippen molar-refractivity contribution in [3.8, 4) is 23.0 Å². The first kappa shape index (κ1) is 29.5. The highest BCUT2D eigenvalue weighted by Crippen LogP contribution is 2.41. The summed E-state index contributed by atoms with van der Waals surface area (Å²) in [4.78, 5) is 33.2. The lowest BCUT2D eigenvalue weighted by Crippen LogP contribution is -2.52. The highest BCUT2D eigenvalue weighted by Gasteiger charge is 2.42. The summed E-state index contributed by atoms with van der Waals surface area (Å²) in [5.74, 6) is 2.59. The number of benzene rings is 2. The van der Waals surface area contributed by atoms with E-state index in [9.17, 15) is 9.59 Å². The monoisotopic (exact) mass is 554 g/mol. The first-order valence-electron chi connectivity index (χ1n) is 13.9. The van der Waals surface area contributed by atoms with Crippen LogP contribution in [0.25, 0.3) is 0 Å². The number of piperazine rings is 1. The van der Waals surface area contributed by atoms with E-state index in [-0.39, 0.29) is 23.9 Å². The Morgan fingerprint density at radius 2 is 1.73 bits per heavy atom. The van der Waals surface area contributed by atoms with Gasteiger partial charge < -0.3 is 34.1 Å². The smallest absolute Gasteiger partial charge is 0.240 e. The molecule has 2 aliphatic heterocycles. The summed E-state index contributed by atoms with van der Waals surface area (Å²) in [6.45, 7) is 6.28. The van der Waals surface area contributed by atoms with Crippen molar-refractivity contribution < 1.29 is 28.5 Å². The number of carbonyl (C=O) groups excluding carboxylic acids is 2. The lowest BCUT2D eigenvalue weighted by molar-refractivity contribution is -0.137. The van der Waals surface area contributed by atoms with Gasteiger partial charge in [-0.05, 0) is 30.2 Å². The minimum Gasteiger partial charge on any atom is -0.497 e. The van der Waals surface area contributed by atoms with E-state index in [0.717, 1.165) is 30.0 Å². The maximum absolute atomic E-state index is 13.9. The molecule has 2 aliphatic rings. The molecule has 0 bridgehead atoms. The Labute approximate surface area is 237 Å². The van der Waals surface area contributed by atoms with Crippen molar-refractivity contribution in [2.45, 2.75) is 44.9 Å². The lowest BCUT2D eigenvalue weighted by Gasteiger charge is -2.33. The van der Waals surface area contributed by atoms with E-state index in [2.05, 4.69) is 10.2 Å². The minimum absolute atomic E-state index is 0.0618. The second-order valence-corrected chi connectivity index (χ2v) is 10.1. The Morgan fingerprint density at radius 1 is 0.975 bits per heavy atom. The molecule has 2 heterocycles. The highest BCUT2D eigenvalue weighted by atomic mass is 16.5. The molecule has 0 radical (unpaired) electrons. The Hall–Kier alpha value is -3.50. The third-order valence-electron chi connectivity index (χ3n) is 7.80. The SMILES string of the molecule is CCC(=O)N(Cc1cccc(OC)c1)C1CC(C(=O)N2CCNCC2)N(Cc2ccc(OC)c(OC)c2OC)C1. The molecule has 2 atom stereocenters. The number of likely N-dealkylation sites (tertiary alicyclic amines) is 1. The Balaban J connectivity index is 1.65. The van der Waals surface area contributed by atoms with Crippen LogP contribution in [0.5, 0.6) is 23.0 Å². The van der Waals surface area contributed by atoms with Crippen molar-refractivity contribution in [1.82, 2.24) is 20.0 Å². The van der Waals surface area contributed by atoms with Crippen molar-refractivity contribution in [2.75, 3.05) is 61.2 Å². The average molecular weight is 555 g/mol. The zero-order valence-electron chi connectivity index (χ0n) is 24.3. The molecule has 0 aliphatic carbocycles. The van der Waals surface area contributed by atoms with Gasteiger partial charge >= 0.3 is 0 Å². The van der Waals surface area contributed by atoms with Crippen LogP contribution in [-0.2, 0) is 22.7 Å². The summed E-state index contributed by atoms with van der Waals surface area (Å²) < 4.78 is 22.2.